The van der Waals surface area contributed by atoms with E-state index in [1.165, 1.54) is 20.3 Å². The second-order valence-electron chi connectivity index (χ2n) is 6.50. The van der Waals surface area contributed by atoms with Crippen LogP contribution in [0.2, 0.25) is 0 Å². The monoisotopic (exact) mass is 363 g/mol. The van der Waals surface area contributed by atoms with Crippen molar-refractivity contribution in [2.24, 2.45) is 5.92 Å². The molecule has 0 fully saturated rings. The number of amides is 1. The number of rotatable bonds is 10. The van der Waals surface area contributed by atoms with Crippen LogP contribution in [-0.2, 0) is 14.3 Å². The zero-order valence-electron chi connectivity index (χ0n) is 16.2. The van der Waals surface area contributed by atoms with Crippen molar-refractivity contribution < 1.29 is 23.8 Å². The summed E-state index contributed by atoms with van der Waals surface area (Å²) < 4.78 is 15.4. The summed E-state index contributed by atoms with van der Waals surface area (Å²) in [6, 6.07) is 5.30. The summed E-state index contributed by atoms with van der Waals surface area (Å²) >= 11 is 0. The maximum Gasteiger partial charge on any atom is 0.330 e. The second-order valence-corrected chi connectivity index (χ2v) is 6.50. The van der Waals surface area contributed by atoms with E-state index in [1.54, 1.807) is 24.3 Å². The van der Waals surface area contributed by atoms with Crippen LogP contribution in [0, 0.1) is 5.92 Å². The van der Waals surface area contributed by atoms with Crippen LogP contribution < -0.4 is 14.8 Å². The Bertz CT molecular complexity index is 625. The average molecular weight is 363 g/mol. The van der Waals surface area contributed by atoms with Gasteiger partial charge in [-0.1, -0.05) is 19.9 Å². The standard InChI is InChI=1S/C20H29NO5/c1-14(2)6-7-15(3)21-19(22)13-26-17-10-8-16(12-18(17)24-4)9-11-20(23)25-5/h8-12,14-15H,6-7,13H2,1-5H3,(H,21,22)/b11-9+. The van der Waals surface area contributed by atoms with Gasteiger partial charge in [-0.2, -0.15) is 0 Å². The molecular formula is C20H29NO5. The Hall–Kier alpha value is -2.50. The molecule has 6 heteroatoms. The second kappa shape index (κ2) is 11.2. The minimum atomic E-state index is -0.437. The summed E-state index contributed by atoms with van der Waals surface area (Å²) in [5.41, 5.74) is 0.756. The van der Waals surface area contributed by atoms with E-state index < -0.39 is 5.97 Å². The molecule has 1 unspecified atom stereocenters. The Labute approximate surface area is 155 Å². The van der Waals surface area contributed by atoms with Crippen LogP contribution in [0.5, 0.6) is 11.5 Å². The number of hydrogen-bond acceptors (Lipinski definition) is 5. The molecule has 6 nitrogen and oxygen atoms in total. The van der Waals surface area contributed by atoms with E-state index in [2.05, 4.69) is 23.9 Å². The lowest BCUT2D eigenvalue weighted by molar-refractivity contribution is -0.134. The van der Waals surface area contributed by atoms with E-state index in [9.17, 15) is 9.59 Å². The molecule has 1 N–H and O–H groups in total. The van der Waals surface area contributed by atoms with Crippen LogP contribution in [0.4, 0.5) is 0 Å². The van der Waals surface area contributed by atoms with E-state index in [1.807, 2.05) is 6.92 Å². The van der Waals surface area contributed by atoms with Gasteiger partial charge in [0.25, 0.3) is 5.91 Å². The van der Waals surface area contributed by atoms with E-state index in [0.29, 0.717) is 17.4 Å². The fourth-order valence-corrected chi connectivity index (χ4v) is 2.25. The highest BCUT2D eigenvalue weighted by atomic mass is 16.5. The smallest absolute Gasteiger partial charge is 0.330 e. The Kier molecular flexibility index (Phi) is 9.26. The molecule has 0 bridgehead atoms. The highest BCUT2D eigenvalue weighted by Gasteiger charge is 2.11. The van der Waals surface area contributed by atoms with Crippen molar-refractivity contribution in [1.29, 1.82) is 0 Å². The Balaban J connectivity index is 2.59. The van der Waals surface area contributed by atoms with E-state index in [-0.39, 0.29) is 18.6 Å². The average Bonchev–Trinajstić information content (AvgIpc) is 2.62. The molecule has 0 radical (unpaired) electrons. The van der Waals surface area contributed by atoms with Crippen molar-refractivity contribution in [2.45, 2.75) is 39.7 Å². The topological polar surface area (TPSA) is 73.9 Å². The van der Waals surface area contributed by atoms with Crippen LogP contribution in [0.15, 0.2) is 24.3 Å². The number of esters is 1. The summed E-state index contributed by atoms with van der Waals surface area (Å²) in [6.07, 6.45) is 4.94. The zero-order chi connectivity index (χ0) is 19.5. The van der Waals surface area contributed by atoms with E-state index in [4.69, 9.17) is 9.47 Å². The summed E-state index contributed by atoms with van der Waals surface area (Å²) in [4.78, 5) is 23.2. The van der Waals surface area contributed by atoms with Crippen LogP contribution in [0.25, 0.3) is 6.08 Å². The number of carbonyl (C=O) groups excluding carboxylic acids is 2. The van der Waals surface area contributed by atoms with Gasteiger partial charge < -0.3 is 19.5 Å². The Morgan fingerprint density at radius 1 is 1.12 bits per heavy atom. The van der Waals surface area contributed by atoms with E-state index >= 15 is 0 Å². The van der Waals surface area contributed by atoms with Crippen LogP contribution in [-0.4, -0.2) is 38.7 Å². The molecule has 26 heavy (non-hydrogen) atoms. The minimum absolute atomic E-state index is 0.0836. The van der Waals surface area contributed by atoms with Gasteiger partial charge >= 0.3 is 5.97 Å². The predicted molar refractivity (Wildman–Crippen MR) is 101 cm³/mol. The third kappa shape index (κ3) is 8.05. The van der Waals surface area contributed by atoms with Crippen LogP contribution >= 0.6 is 0 Å². The van der Waals surface area contributed by atoms with E-state index in [0.717, 1.165) is 18.4 Å². The molecule has 0 saturated carbocycles. The quantitative estimate of drug-likeness (QED) is 0.510. The maximum atomic E-state index is 12.0. The van der Waals surface area contributed by atoms with Crippen molar-refractivity contribution in [3.05, 3.63) is 29.8 Å². The maximum absolute atomic E-state index is 12.0. The normalized spacial score (nSPS) is 12.1. The first-order chi connectivity index (χ1) is 12.3. The summed E-state index contributed by atoms with van der Waals surface area (Å²) in [5, 5.41) is 2.93. The van der Waals surface area contributed by atoms with Crippen molar-refractivity contribution in [2.75, 3.05) is 20.8 Å². The largest absolute Gasteiger partial charge is 0.493 e. The van der Waals surface area contributed by atoms with Crippen LogP contribution in [0.3, 0.4) is 0 Å². The molecule has 1 atom stereocenters. The Morgan fingerprint density at radius 2 is 1.85 bits per heavy atom. The summed E-state index contributed by atoms with van der Waals surface area (Å²) in [6.45, 7) is 6.23. The number of hydrogen-bond donors (Lipinski definition) is 1. The predicted octanol–water partition coefficient (Wildman–Crippen LogP) is 3.20. The molecule has 0 aliphatic carbocycles. The minimum Gasteiger partial charge on any atom is -0.493 e. The molecule has 0 saturated heterocycles. The third-order valence-electron chi connectivity index (χ3n) is 3.74. The van der Waals surface area contributed by atoms with Gasteiger partial charge in [-0.25, -0.2) is 4.79 Å². The zero-order valence-corrected chi connectivity index (χ0v) is 16.2. The summed E-state index contributed by atoms with van der Waals surface area (Å²) in [7, 11) is 2.84. The lowest BCUT2D eigenvalue weighted by atomic mass is 10.0. The summed E-state index contributed by atoms with van der Waals surface area (Å²) in [5.74, 6) is 0.956. The SMILES string of the molecule is COC(=O)/C=C/c1ccc(OCC(=O)NC(C)CCC(C)C)c(OC)c1. The molecular weight excluding hydrogens is 334 g/mol. The number of ether oxygens (including phenoxy) is 3. The van der Waals surface area contributed by atoms with Gasteiger partial charge in [-0.3, -0.25) is 4.79 Å². The highest BCUT2D eigenvalue weighted by Crippen LogP contribution is 2.28. The van der Waals surface area contributed by atoms with Gasteiger partial charge in [-0.05, 0) is 49.5 Å². The third-order valence-corrected chi connectivity index (χ3v) is 3.74. The molecule has 0 aromatic heterocycles. The molecule has 0 aliphatic heterocycles. The van der Waals surface area contributed by atoms with Crippen molar-refractivity contribution in [3.8, 4) is 11.5 Å². The first-order valence-corrected chi connectivity index (χ1v) is 8.72. The molecule has 1 amide bonds. The number of nitrogens with one attached hydrogen (secondary N) is 1. The molecule has 144 valence electrons. The fourth-order valence-electron chi connectivity index (χ4n) is 2.25. The van der Waals surface area contributed by atoms with Gasteiger partial charge in [0.15, 0.2) is 18.1 Å². The molecule has 1 rings (SSSR count). The molecule has 0 spiro atoms. The van der Waals surface area contributed by atoms with Crippen LogP contribution in [0.1, 0.15) is 39.2 Å². The number of methoxy groups -OCH3 is 2. The molecule has 0 aliphatic rings. The molecule has 1 aromatic carbocycles. The van der Waals surface area contributed by atoms with Gasteiger partial charge in [0.05, 0.1) is 14.2 Å². The van der Waals surface area contributed by atoms with Crippen molar-refractivity contribution in [3.63, 3.8) is 0 Å². The lowest BCUT2D eigenvalue weighted by Crippen LogP contribution is -2.36. The molecule has 1 aromatic rings. The molecule has 0 heterocycles. The first-order valence-electron chi connectivity index (χ1n) is 8.72. The van der Waals surface area contributed by atoms with Crippen molar-refractivity contribution in [1.82, 2.24) is 5.32 Å². The Morgan fingerprint density at radius 3 is 2.46 bits per heavy atom. The fraction of sp³-hybridized carbons (Fsp3) is 0.500. The van der Waals surface area contributed by atoms with Gasteiger partial charge in [0, 0.05) is 12.1 Å². The van der Waals surface area contributed by atoms with Gasteiger partial charge in [0.2, 0.25) is 0 Å². The van der Waals surface area contributed by atoms with Crippen molar-refractivity contribution >= 4 is 18.0 Å². The number of carbonyl (C=O) groups is 2. The van der Waals surface area contributed by atoms with Gasteiger partial charge in [-0.15, -0.1) is 0 Å². The van der Waals surface area contributed by atoms with Gasteiger partial charge in [0.1, 0.15) is 0 Å². The lowest BCUT2D eigenvalue weighted by Gasteiger charge is -2.16. The highest BCUT2D eigenvalue weighted by molar-refractivity contribution is 5.87. The first kappa shape index (κ1) is 21.5. The number of benzene rings is 1.